The second-order valence-corrected chi connectivity index (χ2v) is 9.02. The Balaban J connectivity index is 1.71. The molecule has 0 aliphatic heterocycles. The highest BCUT2D eigenvalue weighted by Gasteiger charge is 2.69. The number of rotatable bonds is 1. The molecule has 2 saturated carbocycles. The molecular weight excluding hydrogens is 319 g/mol. The van der Waals surface area contributed by atoms with E-state index in [0.717, 1.165) is 25.7 Å². The van der Waals surface area contributed by atoms with Gasteiger partial charge in [0.05, 0.1) is 0 Å². The van der Waals surface area contributed by atoms with Crippen molar-refractivity contribution in [2.24, 2.45) is 28.6 Å². The van der Waals surface area contributed by atoms with Crippen LogP contribution in [0.1, 0.15) is 59.3 Å². The molecule has 25 heavy (non-hydrogen) atoms. The van der Waals surface area contributed by atoms with E-state index in [1.807, 2.05) is 6.92 Å². The number of hydrogen-bond donors (Lipinski definition) is 1. The molecule has 0 bridgehead atoms. The van der Waals surface area contributed by atoms with E-state index in [1.165, 1.54) is 12.5 Å². The first kappa shape index (κ1) is 17.3. The van der Waals surface area contributed by atoms with Crippen molar-refractivity contribution in [3.05, 3.63) is 23.8 Å². The first-order valence-electron chi connectivity index (χ1n) is 9.65. The Kier molecular flexibility index (Phi) is 3.74. The Bertz CT molecular complexity index is 656. The summed E-state index contributed by atoms with van der Waals surface area (Å²) in [6.07, 6.45) is 10.6. The Labute approximate surface area is 149 Å². The molecule has 4 heteroatoms. The van der Waals surface area contributed by atoms with Crippen molar-refractivity contribution < 1.29 is 19.0 Å². The Morgan fingerprint density at radius 1 is 1.36 bits per heavy atom. The maximum Gasteiger partial charge on any atom is 0.305 e. The van der Waals surface area contributed by atoms with Gasteiger partial charge in [-0.15, -0.1) is 0 Å². The summed E-state index contributed by atoms with van der Waals surface area (Å²) in [5, 5.41) is 11.0. The van der Waals surface area contributed by atoms with Crippen molar-refractivity contribution in [3.63, 3.8) is 0 Å². The zero-order valence-electron chi connectivity index (χ0n) is 15.4. The third-order valence-electron chi connectivity index (χ3n) is 7.97. The molecule has 0 heterocycles. The second-order valence-electron chi connectivity index (χ2n) is 9.02. The summed E-state index contributed by atoms with van der Waals surface area (Å²) in [6, 6.07) is 0. The Morgan fingerprint density at radius 2 is 2.12 bits per heavy atom. The quantitative estimate of drug-likeness (QED) is 0.436. The molecule has 138 valence electrons. The molecule has 2 unspecified atom stereocenters. The van der Waals surface area contributed by atoms with Gasteiger partial charge in [-0.1, -0.05) is 37.6 Å². The van der Waals surface area contributed by atoms with E-state index in [9.17, 15) is 14.3 Å². The molecule has 0 aromatic rings. The number of alkyl halides is 1. The molecule has 2 fully saturated rings. The van der Waals surface area contributed by atoms with Crippen LogP contribution >= 0.6 is 0 Å². The molecular formula is C21H29FO3. The van der Waals surface area contributed by atoms with Crippen molar-refractivity contribution in [1.82, 2.24) is 0 Å². The van der Waals surface area contributed by atoms with Gasteiger partial charge in [0.1, 0.15) is 0 Å². The SMILES string of the molecule is CC(=O)OC1(O)C(F)C[C@H]2[C@@H]3CC=C4CCC=C[C@]4(C)[C@@H]3CC[C@@]21C. The molecule has 0 aromatic carbocycles. The van der Waals surface area contributed by atoms with Crippen LogP contribution in [-0.4, -0.2) is 23.0 Å². The van der Waals surface area contributed by atoms with Crippen molar-refractivity contribution in [2.75, 3.05) is 0 Å². The number of ether oxygens (including phenoxy) is 1. The lowest BCUT2D eigenvalue weighted by Crippen LogP contribution is -2.57. The molecule has 3 nitrogen and oxygen atoms in total. The minimum Gasteiger partial charge on any atom is -0.430 e. The van der Waals surface area contributed by atoms with Gasteiger partial charge in [0, 0.05) is 17.8 Å². The molecule has 4 aliphatic carbocycles. The van der Waals surface area contributed by atoms with Crippen LogP contribution in [-0.2, 0) is 9.53 Å². The van der Waals surface area contributed by atoms with Crippen LogP contribution in [0.4, 0.5) is 4.39 Å². The predicted molar refractivity (Wildman–Crippen MR) is 93.2 cm³/mol. The summed E-state index contributed by atoms with van der Waals surface area (Å²) in [5.74, 6) is -1.74. The molecule has 0 saturated heterocycles. The fourth-order valence-electron chi connectivity index (χ4n) is 6.61. The fraction of sp³-hybridized carbons (Fsp3) is 0.762. The molecule has 0 amide bonds. The van der Waals surface area contributed by atoms with E-state index >= 15 is 0 Å². The third kappa shape index (κ3) is 2.16. The van der Waals surface area contributed by atoms with Gasteiger partial charge in [0.15, 0.2) is 6.17 Å². The van der Waals surface area contributed by atoms with Crippen molar-refractivity contribution in [2.45, 2.75) is 71.3 Å². The first-order valence-corrected chi connectivity index (χ1v) is 9.65. The van der Waals surface area contributed by atoms with Crippen LogP contribution in [0.3, 0.4) is 0 Å². The summed E-state index contributed by atoms with van der Waals surface area (Å²) in [6.45, 7) is 5.50. The number of carbonyl (C=O) groups is 1. The first-order chi connectivity index (χ1) is 11.7. The van der Waals surface area contributed by atoms with Crippen LogP contribution < -0.4 is 0 Å². The molecule has 0 spiro atoms. The van der Waals surface area contributed by atoms with Gasteiger partial charge in [-0.2, -0.15) is 0 Å². The normalized spacial score (nSPS) is 51.2. The van der Waals surface area contributed by atoms with Gasteiger partial charge < -0.3 is 9.84 Å². The van der Waals surface area contributed by atoms with E-state index < -0.39 is 23.3 Å². The van der Waals surface area contributed by atoms with Crippen molar-refractivity contribution >= 4 is 5.97 Å². The lowest BCUT2D eigenvalue weighted by Gasteiger charge is -2.56. The maximum absolute atomic E-state index is 14.9. The van der Waals surface area contributed by atoms with E-state index in [1.54, 1.807) is 0 Å². The fourth-order valence-corrected chi connectivity index (χ4v) is 6.61. The van der Waals surface area contributed by atoms with Gasteiger partial charge in [-0.05, 0) is 56.3 Å². The minimum absolute atomic E-state index is 0.0375. The minimum atomic E-state index is -1.98. The number of halogens is 1. The van der Waals surface area contributed by atoms with Gasteiger partial charge in [0.25, 0.3) is 0 Å². The summed E-state index contributed by atoms with van der Waals surface area (Å²) < 4.78 is 20.1. The van der Waals surface area contributed by atoms with Crippen LogP contribution in [0.2, 0.25) is 0 Å². The molecule has 4 rings (SSSR count). The molecule has 0 radical (unpaired) electrons. The van der Waals surface area contributed by atoms with E-state index in [2.05, 4.69) is 25.2 Å². The lowest BCUT2D eigenvalue weighted by atomic mass is 9.49. The Hall–Kier alpha value is -1.16. The van der Waals surface area contributed by atoms with Crippen LogP contribution in [0, 0.1) is 28.6 Å². The molecule has 1 N–H and O–H groups in total. The molecule has 7 atom stereocenters. The van der Waals surface area contributed by atoms with Gasteiger partial charge in [0.2, 0.25) is 5.79 Å². The number of esters is 1. The summed E-state index contributed by atoms with van der Waals surface area (Å²) in [5.41, 5.74) is 0.889. The zero-order chi connectivity index (χ0) is 18.0. The highest BCUT2D eigenvalue weighted by molar-refractivity contribution is 5.66. The molecule has 4 aliphatic rings. The standard InChI is InChI=1S/C21H29FO3/c1-13(23)25-21(24)18(22)12-17-15-8-7-14-6-4-5-10-19(14,2)16(15)9-11-20(17,21)3/h5,7,10,15-18,24H,4,6,8-9,11-12H2,1-3H3/t15-,16-,17+,18?,19+,20+,21?/m1/s1. The van der Waals surface area contributed by atoms with Gasteiger partial charge in [-0.3, -0.25) is 4.79 Å². The summed E-state index contributed by atoms with van der Waals surface area (Å²) >= 11 is 0. The monoisotopic (exact) mass is 348 g/mol. The lowest BCUT2D eigenvalue weighted by molar-refractivity contribution is -0.279. The smallest absolute Gasteiger partial charge is 0.305 e. The van der Waals surface area contributed by atoms with Gasteiger partial charge >= 0.3 is 5.97 Å². The summed E-state index contributed by atoms with van der Waals surface area (Å²) in [7, 11) is 0. The number of allylic oxidation sites excluding steroid dienone is 4. The van der Waals surface area contributed by atoms with Crippen molar-refractivity contribution in [1.29, 1.82) is 0 Å². The zero-order valence-corrected chi connectivity index (χ0v) is 15.4. The van der Waals surface area contributed by atoms with Crippen molar-refractivity contribution in [3.8, 4) is 0 Å². The number of carbonyl (C=O) groups excluding carboxylic acids is 1. The van der Waals surface area contributed by atoms with Crippen LogP contribution in [0.5, 0.6) is 0 Å². The van der Waals surface area contributed by atoms with E-state index in [4.69, 9.17) is 4.74 Å². The highest BCUT2D eigenvalue weighted by Crippen LogP contribution is 2.67. The van der Waals surface area contributed by atoms with Gasteiger partial charge in [-0.25, -0.2) is 4.39 Å². The average Bonchev–Trinajstić information content (AvgIpc) is 2.74. The highest BCUT2D eigenvalue weighted by atomic mass is 19.1. The van der Waals surface area contributed by atoms with E-state index in [-0.39, 0.29) is 17.8 Å². The second kappa shape index (κ2) is 5.42. The van der Waals surface area contributed by atoms with Crippen LogP contribution in [0.15, 0.2) is 23.8 Å². The average molecular weight is 348 g/mol. The van der Waals surface area contributed by atoms with Crippen LogP contribution in [0.25, 0.3) is 0 Å². The largest absolute Gasteiger partial charge is 0.430 e. The third-order valence-corrected chi connectivity index (χ3v) is 7.97. The maximum atomic E-state index is 14.9. The number of hydrogen-bond acceptors (Lipinski definition) is 3. The predicted octanol–water partition coefficient (Wildman–Crippen LogP) is 4.32. The van der Waals surface area contributed by atoms with E-state index in [0.29, 0.717) is 18.3 Å². The molecule has 0 aromatic heterocycles. The number of aliphatic hydroxyl groups is 1. The number of fused-ring (bicyclic) bond motifs is 5. The topological polar surface area (TPSA) is 46.5 Å². The summed E-state index contributed by atoms with van der Waals surface area (Å²) in [4.78, 5) is 11.5. The Morgan fingerprint density at radius 3 is 2.84 bits per heavy atom.